The first-order valence-electron chi connectivity index (χ1n) is 12.6. The lowest BCUT2D eigenvalue weighted by Gasteiger charge is -2.61. The molecule has 30 heavy (non-hydrogen) atoms. The molecule has 0 aliphatic heterocycles. The van der Waals surface area contributed by atoms with E-state index >= 15 is 0 Å². The molecule has 0 radical (unpaired) electrons. The van der Waals surface area contributed by atoms with Crippen LogP contribution in [0.15, 0.2) is 0 Å². The molecule has 0 aromatic rings. The van der Waals surface area contributed by atoms with Gasteiger partial charge in [-0.15, -0.1) is 0 Å². The normalized spacial score (nSPS) is 46.4. The SMILES string of the molecule is CC(O)C1CCC2C3CCC4C[C@H](CC(=O)CCC(=O)O)CCC4(C)C3CCC12C. The van der Waals surface area contributed by atoms with E-state index in [-0.39, 0.29) is 24.7 Å². The Labute approximate surface area is 182 Å². The van der Waals surface area contributed by atoms with Crippen LogP contribution in [0.1, 0.15) is 97.8 Å². The Morgan fingerprint density at radius 3 is 2.33 bits per heavy atom. The number of hydrogen-bond acceptors (Lipinski definition) is 3. The maximum absolute atomic E-state index is 12.2. The van der Waals surface area contributed by atoms with E-state index in [0.717, 1.165) is 36.5 Å². The highest BCUT2D eigenvalue weighted by atomic mass is 16.4. The Kier molecular flexibility index (Phi) is 6.11. The molecule has 0 aromatic heterocycles. The van der Waals surface area contributed by atoms with Crippen LogP contribution in [0.2, 0.25) is 0 Å². The number of rotatable bonds is 6. The molecule has 0 amide bonds. The largest absolute Gasteiger partial charge is 0.481 e. The first-order valence-corrected chi connectivity index (χ1v) is 12.6. The predicted molar refractivity (Wildman–Crippen MR) is 117 cm³/mol. The van der Waals surface area contributed by atoms with E-state index in [2.05, 4.69) is 13.8 Å². The Balaban J connectivity index is 1.41. The lowest BCUT2D eigenvalue weighted by Crippen LogP contribution is -2.54. The number of ketones is 1. The van der Waals surface area contributed by atoms with Gasteiger partial charge in [-0.3, -0.25) is 9.59 Å². The van der Waals surface area contributed by atoms with Crippen molar-refractivity contribution in [3.8, 4) is 0 Å². The van der Waals surface area contributed by atoms with Crippen LogP contribution >= 0.6 is 0 Å². The first kappa shape index (κ1) is 22.3. The standard InChI is InChI=1S/C26H42O4/c1-16(27)21-7-8-22-20-6-4-18-14-17(15-19(28)5-9-24(29)30)10-12-25(18,2)23(20)11-13-26(21,22)3/h16-18,20-23,27H,4-15H2,1-3H3,(H,29,30)/t16?,17-,18?,20?,21?,22?,23?,25?,26?/m1/s1. The van der Waals surface area contributed by atoms with Gasteiger partial charge in [-0.05, 0) is 111 Å². The average Bonchev–Trinajstić information content (AvgIpc) is 3.04. The third-order valence-electron chi connectivity index (χ3n) is 10.6. The van der Waals surface area contributed by atoms with E-state index < -0.39 is 5.97 Å². The molecular weight excluding hydrogens is 376 g/mol. The number of aliphatic carboxylic acids is 1. The minimum atomic E-state index is -0.869. The van der Waals surface area contributed by atoms with Crippen LogP contribution in [0.3, 0.4) is 0 Å². The summed E-state index contributed by atoms with van der Waals surface area (Å²) in [6.07, 6.45) is 11.8. The highest BCUT2D eigenvalue weighted by Gasteiger charge is 2.60. The van der Waals surface area contributed by atoms with E-state index in [1.54, 1.807) is 0 Å². The highest BCUT2D eigenvalue weighted by molar-refractivity contribution is 5.82. The number of fused-ring (bicyclic) bond motifs is 5. The van der Waals surface area contributed by atoms with Gasteiger partial charge >= 0.3 is 5.97 Å². The molecule has 0 aromatic carbocycles. The fourth-order valence-corrected chi connectivity index (χ4v) is 9.04. The number of carbonyl (C=O) groups excluding carboxylic acids is 1. The van der Waals surface area contributed by atoms with Crippen LogP contribution in [0.4, 0.5) is 0 Å². The quantitative estimate of drug-likeness (QED) is 0.600. The van der Waals surface area contributed by atoms with Crippen molar-refractivity contribution in [1.82, 2.24) is 0 Å². The van der Waals surface area contributed by atoms with Gasteiger partial charge in [0.05, 0.1) is 12.5 Å². The van der Waals surface area contributed by atoms with Crippen LogP contribution in [0, 0.1) is 46.3 Å². The van der Waals surface area contributed by atoms with Gasteiger partial charge in [-0.1, -0.05) is 13.8 Å². The van der Waals surface area contributed by atoms with E-state index in [1.165, 1.54) is 44.9 Å². The second-order valence-electron chi connectivity index (χ2n) is 11.9. The molecule has 4 saturated carbocycles. The lowest BCUT2D eigenvalue weighted by atomic mass is 9.44. The molecule has 4 nitrogen and oxygen atoms in total. The molecule has 9 atom stereocenters. The summed E-state index contributed by atoms with van der Waals surface area (Å²) in [6, 6.07) is 0. The van der Waals surface area contributed by atoms with Crippen LogP contribution in [0.5, 0.6) is 0 Å². The smallest absolute Gasteiger partial charge is 0.303 e. The fraction of sp³-hybridized carbons (Fsp3) is 0.923. The molecule has 4 fully saturated rings. The molecule has 4 rings (SSSR count). The summed E-state index contributed by atoms with van der Waals surface area (Å²) in [5.41, 5.74) is 0.736. The molecular formula is C26H42O4. The second-order valence-corrected chi connectivity index (χ2v) is 11.9. The van der Waals surface area contributed by atoms with Crippen LogP contribution < -0.4 is 0 Å². The number of carboxylic acid groups (broad SMARTS) is 1. The summed E-state index contributed by atoms with van der Waals surface area (Å²) >= 11 is 0. The van der Waals surface area contributed by atoms with Gasteiger partial charge in [0.2, 0.25) is 0 Å². The van der Waals surface area contributed by atoms with Gasteiger partial charge in [0.15, 0.2) is 0 Å². The van der Waals surface area contributed by atoms with Gasteiger partial charge in [0, 0.05) is 12.8 Å². The van der Waals surface area contributed by atoms with Crippen molar-refractivity contribution >= 4 is 11.8 Å². The Morgan fingerprint density at radius 1 is 0.933 bits per heavy atom. The Hall–Kier alpha value is -0.900. The maximum Gasteiger partial charge on any atom is 0.303 e. The van der Waals surface area contributed by atoms with Crippen molar-refractivity contribution in [3.05, 3.63) is 0 Å². The summed E-state index contributed by atoms with van der Waals surface area (Å²) in [7, 11) is 0. The van der Waals surface area contributed by atoms with Gasteiger partial charge in [-0.2, -0.15) is 0 Å². The number of carbonyl (C=O) groups is 2. The molecule has 170 valence electrons. The van der Waals surface area contributed by atoms with Gasteiger partial charge in [-0.25, -0.2) is 0 Å². The lowest BCUT2D eigenvalue weighted by molar-refractivity contribution is -0.139. The minimum absolute atomic E-state index is 0.0238. The number of aliphatic hydroxyl groups is 1. The van der Waals surface area contributed by atoms with Crippen LogP contribution in [0.25, 0.3) is 0 Å². The third kappa shape index (κ3) is 3.76. The van der Waals surface area contributed by atoms with Crippen LogP contribution in [-0.4, -0.2) is 28.1 Å². The molecule has 8 unspecified atom stereocenters. The number of carboxylic acids is 1. The zero-order valence-corrected chi connectivity index (χ0v) is 19.2. The van der Waals surface area contributed by atoms with Gasteiger partial charge in [0.1, 0.15) is 5.78 Å². The molecule has 0 saturated heterocycles. The van der Waals surface area contributed by atoms with Gasteiger partial charge in [0.25, 0.3) is 0 Å². The molecule has 4 aliphatic rings. The fourth-order valence-electron chi connectivity index (χ4n) is 9.04. The zero-order valence-electron chi connectivity index (χ0n) is 19.2. The summed E-state index contributed by atoms with van der Waals surface area (Å²) < 4.78 is 0. The monoisotopic (exact) mass is 418 g/mol. The molecule has 4 aliphatic carbocycles. The topological polar surface area (TPSA) is 74.6 Å². The van der Waals surface area contributed by atoms with Crippen molar-refractivity contribution < 1.29 is 19.8 Å². The zero-order chi connectivity index (χ0) is 21.7. The number of aliphatic hydroxyl groups excluding tert-OH is 1. The van der Waals surface area contributed by atoms with E-state index in [4.69, 9.17) is 5.11 Å². The average molecular weight is 419 g/mol. The van der Waals surface area contributed by atoms with Crippen molar-refractivity contribution in [2.45, 2.75) is 104 Å². The summed E-state index contributed by atoms with van der Waals surface area (Å²) in [6.45, 7) is 7.04. The highest BCUT2D eigenvalue weighted by Crippen LogP contribution is 2.68. The number of hydrogen-bond donors (Lipinski definition) is 2. The number of Topliss-reactive ketones (excluding diaryl/α,β-unsaturated/α-hetero) is 1. The van der Waals surface area contributed by atoms with E-state index in [1.807, 2.05) is 6.92 Å². The first-order chi connectivity index (χ1) is 14.1. The van der Waals surface area contributed by atoms with Crippen molar-refractivity contribution in [3.63, 3.8) is 0 Å². The Bertz CT molecular complexity index is 672. The van der Waals surface area contributed by atoms with Crippen molar-refractivity contribution in [2.24, 2.45) is 46.3 Å². The summed E-state index contributed by atoms with van der Waals surface area (Å²) in [4.78, 5) is 23.0. The Morgan fingerprint density at radius 2 is 1.63 bits per heavy atom. The minimum Gasteiger partial charge on any atom is -0.481 e. The summed E-state index contributed by atoms with van der Waals surface area (Å²) in [5.74, 6) is 3.35. The molecule has 4 heteroatoms. The molecule has 2 N–H and O–H groups in total. The molecule has 0 heterocycles. The van der Waals surface area contributed by atoms with E-state index in [9.17, 15) is 14.7 Å². The maximum atomic E-state index is 12.2. The van der Waals surface area contributed by atoms with Gasteiger partial charge < -0.3 is 10.2 Å². The van der Waals surface area contributed by atoms with Crippen molar-refractivity contribution in [1.29, 1.82) is 0 Å². The second kappa shape index (κ2) is 8.22. The third-order valence-corrected chi connectivity index (χ3v) is 10.6. The molecule has 0 spiro atoms. The predicted octanol–water partition coefficient (Wildman–Crippen LogP) is 5.47. The molecule has 0 bridgehead atoms. The van der Waals surface area contributed by atoms with E-state index in [0.29, 0.717) is 29.1 Å². The van der Waals surface area contributed by atoms with Crippen LogP contribution in [-0.2, 0) is 9.59 Å². The van der Waals surface area contributed by atoms with Crippen molar-refractivity contribution in [2.75, 3.05) is 0 Å². The summed E-state index contributed by atoms with van der Waals surface area (Å²) in [5, 5.41) is 19.2.